The van der Waals surface area contributed by atoms with Crippen molar-refractivity contribution in [3.63, 3.8) is 0 Å². The Labute approximate surface area is 112 Å². The summed E-state index contributed by atoms with van der Waals surface area (Å²) in [5, 5.41) is 3.44. The summed E-state index contributed by atoms with van der Waals surface area (Å²) in [7, 11) is 2.04. The van der Waals surface area contributed by atoms with Crippen molar-refractivity contribution < 1.29 is 4.74 Å². The molecule has 1 N–H and O–H groups in total. The Kier molecular flexibility index (Phi) is 6.81. The zero-order valence-electron chi connectivity index (χ0n) is 12.2. The summed E-state index contributed by atoms with van der Waals surface area (Å²) in [6.45, 7) is 7.30. The van der Waals surface area contributed by atoms with Gasteiger partial charge in [0.15, 0.2) is 0 Å². The van der Waals surface area contributed by atoms with E-state index in [1.807, 2.05) is 20.0 Å². The van der Waals surface area contributed by atoms with E-state index in [1.165, 1.54) is 24.8 Å². The number of nitrogens with one attached hydrogen (secondary N) is 1. The van der Waals surface area contributed by atoms with Gasteiger partial charge in [-0.3, -0.25) is 0 Å². The summed E-state index contributed by atoms with van der Waals surface area (Å²) in [5.74, 6) is 1.79. The summed E-state index contributed by atoms with van der Waals surface area (Å²) >= 11 is 0. The molecule has 0 amide bonds. The number of ether oxygens (including phenoxy) is 1. The first-order valence-corrected chi connectivity index (χ1v) is 7.15. The Hall–Kier alpha value is -1.02. The van der Waals surface area contributed by atoms with E-state index in [0.717, 1.165) is 18.3 Å². The van der Waals surface area contributed by atoms with Gasteiger partial charge >= 0.3 is 0 Å². The molecular formula is C16H27NO. The maximum Gasteiger partial charge on any atom is 0.124 e. The Morgan fingerprint density at radius 1 is 1.11 bits per heavy atom. The Bertz CT molecular complexity index is 334. The zero-order chi connectivity index (χ0) is 13.4. The van der Waals surface area contributed by atoms with Crippen LogP contribution in [0, 0.1) is 5.92 Å². The second kappa shape index (κ2) is 8.15. The number of hydrogen-bond acceptors (Lipinski definition) is 2. The highest BCUT2D eigenvalue weighted by Gasteiger charge is 2.17. The topological polar surface area (TPSA) is 21.3 Å². The first-order chi connectivity index (χ1) is 8.76. The summed E-state index contributed by atoms with van der Waals surface area (Å²) in [6.07, 6.45) is 3.66. The minimum absolute atomic E-state index is 0.387. The molecular weight excluding hydrogens is 222 g/mol. The highest BCUT2D eigenvalue weighted by Crippen LogP contribution is 2.31. The number of benzene rings is 1. The van der Waals surface area contributed by atoms with Gasteiger partial charge in [0.1, 0.15) is 5.75 Å². The van der Waals surface area contributed by atoms with E-state index in [4.69, 9.17) is 4.74 Å². The SMILES string of the molecule is CCOc1ccccc1C(CC(CC)CC)NC. The van der Waals surface area contributed by atoms with Gasteiger partial charge in [-0.05, 0) is 32.4 Å². The average Bonchev–Trinajstić information content (AvgIpc) is 2.42. The molecule has 0 aliphatic rings. The predicted octanol–water partition coefficient (Wildman–Crippen LogP) is 4.17. The molecule has 0 saturated carbocycles. The van der Waals surface area contributed by atoms with Gasteiger partial charge in [-0.1, -0.05) is 44.9 Å². The molecule has 0 spiro atoms. The van der Waals surface area contributed by atoms with Gasteiger partial charge in [0, 0.05) is 11.6 Å². The highest BCUT2D eigenvalue weighted by molar-refractivity contribution is 5.36. The molecule has 1 aromatic carbocycles. The van der Waals surface area contributed by atoms with Gasteiger partial charge in [0.05, 0.1) is 6.61 Å². The van der Waals surface area contributed by atoms with E-state index in [9.17, 15) is 0 Å². The van der Waals surface area contributed by atoms with Crippen molar-refractivity contribution in [1.29, 1.82) is 0 Å². The predicted molar refractivity (Wildman–Crippen MR) is 78.1 cm³/mol. The lowest BCUT2D eigenvalue weighted by molar-refractivity contribution is 0.323. The molecule has 0 aromatic heterocycles. The lowest BCUT2D eigenvalue weighted by Gasteiger charge is -2.23. The summed E-state index contributed by atoms with van der Waals surface area (Å²) < 4.78 is 5.73. The summed E-state index contributed by atoms with van der Waals surface area (Å²) in [5.41, 5.74) is 1.29. The minimum atomic E-state index is 0.387. The third kappa shape index (κ3) is 4.02. The molecule has 0 fully saturated rings. The van der Waals surface area contributed by atoms with Crippen molar-refractivity contribution in [3.8, 4) is 5.75 Å². The fourth-order valence-corrected chi connectivity index (χ4v) is 2.41. The van der Waals surface area contributed by atoms with Gasteiger partial charge in [-0.2, -0.15) is 0 Å². The summed E-state index contributed by atoms with van der Waals surface area (Å²) in [6, 6.07) is 8.76. The van der Waals surface area contributed by atoms with Gasteiger partial charge in [-0.25, -0.2) is 0 Å². The maximum absolute atomic E-state index is 5.73. The molecule has 2 nitrogen and oxygen atoms in total. The highest BCUT2D eigenvalue weighted by atomic mass is 16.5. The van der Waals surface area contributed by atoms with Crippen LogP contribution in [0.25, 0.3) is 0 Å². The normalized spacial score (nSPS) is 12.7. The fraction of sp³-hybridized carbons (Fsp3) is 0.625. The van der Waals surface area contributed by atoms with Crippen molar-refractivity contribution in [2.45, 2.75) is 46.1 Å². The third-order valence-corrected chi connectivity index (χ3v) is 3.67. The van der Waals surface area contributed by atoms with Gasteiger partial charge in [0.2, 0.25) is 0 Å². The molecule has 1 rings (SSSR count). The Morgan fingerprint density at radius 3 is 2.33 bits per heavy atom. The molecule has 18 heavy (non-hydrogen) atoms. The standard InChI is InChI=1S/C16H27NO/c1-5-13(6-2)12-15(17-4)14-10-8-9-11-16(14)18-7-3/h8-11,13,15,17H,5-7,12H2,1-4H3. The van der Waals surface area contributed by atoms with E-state index < -0.39 is 0 Å². The molecule has 102 valence electrons. The van der Waals surface area contributed by atoms with Crippen LogP contribution in [-0.2, 0) is 0 Å². The van der Waals surface area contributed by atoms with Crippen LogP contribution in [-0.4, -0.2) is 13.7 Å². The van der Waals surface area contributed by atoms with Crippen molar-refractivity contribution in [1.82, 2.24) is 5.32 Å². The zero-order valence-corrected chi connectivity index (χ0v) is 12.2. The molecule has 0 saturated heterocycles. The summed E-state index contributed by atoms with van der Waals surface area (Å²) in [4.78, 5) is 0. The molecule has 1 atom stereocenters. The third-order valence-electron chi connectivity index (χ3n) is 3.67. The van der Waals surface area contributed by atoms with Crippen molar-refractivity contribution >= 4 is 0 Å². The first-order valence-electron chi connectivity index (χ1n) is 7.15. The average molecular weight is 249 g/mol. The maximum atomic E-state index is 5.73. The monoisotopic (exact) mass is 249 g/mol. The quantitative estimate of drug-likeness (QED) is 0.746. The molecule has 0 radical (unpaired) electrons. The van der Waals surface area contributed by atoms with Crippen LogP contribution in [0.3, 0.4) is 0 Å². The number of rotatable bonds is 8. The van der Waals surface area contributed by atoms with Crippen molar-refractivity contribution in [3.05, 3.63) is 29.8 Å². The van der Waals surface area contributed by atoms with Gasteiger partial charge in [0.25, 0.3) is 0 Å². The van der Waals surface area contributed by atoms with Crippen molar-refractivity contribution in [2.24, 2.45) is 5.92 Å². The largest absolute Gasteiger partial charge is 0.494 e. The molecule has 2 heteroatoms. The minimum Gasteiger partial charge on any atom is -0.494 e. The van der Waals surface area contributed by atoms with E-state index in [0.29, 0.717) is 6.04 Å². The van der Waals surface area contributed by atoms with Crippen LogP contribution in [0.1, 0.15) is 51.6 Å². The van der Waals surface area contributed by atoms with E-state index in [2.05, 4.69) is 37.4 Å². The number of para-hydroxylation sites is 1. The lowest BCUT2D eigenvalue weighted by Crippen LogP contribution is -2.20. The van der Waals surface area contributed by atoms with Gasteiger partial charge < -0.3 is 10.1 Å². The van der Waals surface area contributed by atoms with Crippen LogP contribution in [0.2, 0.25) is 0 Å². The molecule has 0 bridgehead atoms. The lowest BCUT2D eigenvalue weighted by atomic mass is 9.91. The number of hydrogen-bond donors (Lipinski definition) is 1. The smallest absolute Gasteiger partial charge is 0.124 e. The fourth-order valence-electron chi connectivity index (χ4n) is 2.41. The second-order valence-corrected chi connectivity index (χ2v) is 4.73. The Morgan fingerprint density at radius 2 is 1.78 bits per heavy atom. The van der Waals surface area contributed by atoms with Crippen LogP contribution in [0.4, 0.5) is 0 Å². The molecule has 1 unspecified atom stereocenters. The first kappa shape index (κ1) is 15.0. The van der Waals surface area contributed by atoms with Gasteiger partial charge in [-0.15, -0.1) is 0 Å². The van der Waals surface area contributed by atoms with E-state index in [-0.39, 0.29) is 0 Å². The molecule has 0 aliphatic carbocycles. The van der Waals surface area contributed by atoms with E-state index in [1.54, 1.807) is 0 Å². The molecule has 0 heterocycles. The van der Waals surface area contributed by atoms with Crippen molar-refractivity contribution in [2.75, 3.05) is 13.7 Å². The van der Waals surface area contributed by atoms with Crippen LogP contribution in [0.5, 0.6) is 5.75 Å². The Balaban J connectivity index is 2.86. The van der Waals surface area contributed by atoms with Crippen LogP contribution >= 0.6 is 0 Å². The second-order valence-electron chi connectivity index (χ2n) is 4.73. The molecule has 1 aromatic rings. The van der Waals surface area contributed by atoms with Crippen LogP contribution in [0.15, 0.2) is 24.3 Å². The molecule has 0 aliphatic heterocycles. The van der Waals surface area contributed by atoms with Crippen LogP contribution < -0.4 is 10.1 Å². The van der Waals surface area contributed by atoms with E-state index >= 15 is 0 Å².